The molecule has 0 atom stereocenters. The fourth-order valence-electron chi connectivity index (χ4n) is 1.24. The molecule has 0 fully saturated rings. The molecule has 0 saturated carbocycles. The van der Waals surface area contributed by atoms with Gasteiger partial charge in [0.05, 0.1) is 5.69 Å². The summed E-state index contributed by atoms with van der Waals surface area (Å²) in [5.74, 6) is 0.434. The quantitative estimate of drug-likeness (QED) is 0.744. The standard InChI is InChI=1S/C9H13N3O/c1-7-8(2)12(4-3-5-13)9(6-10)11-7/h13H,3-5H2,1-2H3. The van der Waals surface area contributed by atoms with Crippen LogP contribution in [0.15, 0.2) is 0 Å². The highest BCUT2D eigenvalue weighted by atomic mass is 16.3. The van der Waals surface area contributed by atoms with E-state index in [-0.39, 0.29) is 6.61 Å². The number of nitriles is 1. The number of hydrogen-bond acceptors (Lipinski definition) is 3. The van der Waals surface area contributed by atoms with Crippen molar-refractivity contribution < 1.29 is 5.11 Å². The molecule has 1 aromatic heterocycles. The lowest BCUT2D eigenvalue weighted by Gasteiger charge is -2.04. The van der Waals surface area contributed by atoms with Crippen LogP contribution in [0, 0.1) is 25.2 Å². The zero-order chi connectivity index (χ0) is 9.84. The van der Waals surface area contributed by atoms with E-state index in [9.17, 15) is 0 Å². The number of nitrogens with zero attached hydrogens (tertiary/aromatic N) is 3. The van der Waals surface area contributed by atoms with Gasteiger partial charge in [-0.2, -0.15) is 5.26 Å². The molecule has 0 aliphatic heterocycles. The van der Waals surface area contributed by atoms with E-state index in [4.69, 9.17) is 10.4 Å². The topological polar surface area (TPSA) is 61.8 Å². The second-order valence-electron chi connectivity index (χ2n) is 2.95. The fraction of sp³-hybridized carbons (Fsp3) is 0.556. The van der Waals surface area contributed by atoms with Crippen molar-refractivity contribution in [1.82, 2.24) is 9.55 Å². The Balaban J connectivity index is 2.96. The van der Waals surface area contributed by atoms with E-state index in [1.807, 2.05) is 24.5 Å². The average Bonchev–Trinajstić information content (AvgIpc) is 2.40. The van der Waals surface area contributed by atoms with E-state index < -0.39 is 0 Å². The molecule has 0 saturated heterocycles. The van der Waals surface area contributed by atoms with Gasteiger partial charge in [0.25, 0.3) is 0 Å². The van der Waals surface area contributed by atoms with Crippen molar-refractivity contribution in [2.24, 2.45) is 0 Å². The third kappa shape index (κ3) is 1.87. The molecule has 0 aliphatic carbocycles. The van der Waals surface area contributed by atoms with Crippen LogP contribution in [0.5, 0.6) is 0 Å². The van der Waals surface area contributed by atoms with Crippen molar-refractivity contribution in [1.29, 1.82) is 5.26 Å². The Morgan fingerprint density at radius 3 is 2.77 bits per heavy atom. The van der Waals surface area contributed by atoms with Crippen LogP contribution in [0.1, 0.15) is 23.6 Å². The van der Waals surface area contributed by atoms with Gasteiger partial charge < -0.3 is 9.67 Å². The third-order valence-corrected chi connectivity index (χ3v) is 2.10. The fourth-order valence-corrected chi connectivity index (χ4v) is 1.24. The Morgan fingerprint density at radius 1 is 1.54 bits per heavy atom. The first-order valence-corrected chi connectivity index (χ1v) is 4.25. The minimum absolute atomic E-state index is 0.140. The van der Waals surface area contributed by atoms with Crippen molar-refractivity contribution in [3.05, 3.63) is 17.2 Å². The zero-order valence-corrected chi connectivity index (χ0v) is 7.91. The molecule has 4 nitrogen and oxygen atoms in total. The highest BCUT2D eigenvalue weighted by Crippen LogP contribution is 2.09. The Labute approximate surface area is 77.4 Å². The summed E-state index contributed by atoms with van der Waals surface area (Å²) in [6.07, 6.45) is 0.658. The number of hydrogen-bond donors (Lipinski definition) is 1. The second-order valence-corrected chi connectivity index (χ2v) is 2.95. The van der Waals surface area contributed by atoms with Crippen LogP contribution in [0.4, 0.5) is 0 Å². The summed E-state index contributed by atoms with van der Waals surface area (Å²) in [4.78, 5) is 4.10. The van der Waals surface area contributed by atoms with Gasteiger partial charge in [0.15, 0.2) is 0 Å². The molecule has 0 spiro atoms. The first kappa shape index (κ1) is 9.75. The van der Waals surface area contributed by atoms with Crippen LogP contribution in [-0.4, -0.2) is 21.3 Å². The van der Waals surface area contributed by atoms with Gasteiger partial charge in [-0.1, -0.05) is 0 Å². The van der Waals surface area contributed by atoms with Gasteiger partial charge in [-0.05, 0) is 20.3 Å². The predicted molar refractivity (Wildman–Crippen MR) is 48.1 cm³/mol. The maximum absolute atomic E-state index is 8.76. The van der Waals surface area contributed by atoms with Gasteiger partial charge in [-0.3, -0.25) is 0 Å². The summed E-state index contributed by atoms with van der Waals surface area (Å²) in [5.41, 5.74) is 1.89. The van der Waals surface area contributed by atoms with E-state index >= 15 is 0 Å². The first-order valence-electron chi connectivity index (χ1n) is 4.25. The normalized spacial score (nSPS) is 10.0. The highest BCUT2D eigenvalue weighted by Gasteiger charge is 2.08. The molecule has 1 aromatic rings. The molecular weight excluding hydrogens is 166 g/mol. The van der Waals surface area contributed by atoms with Gasteiger partial charge >= 0.3 is 0 Å². The van der Waals surface area contributed by atoms with E-state index in [1.54, 1.807) is 0 Å². The van der Waals surface area contributed by atoms with Crippen molar-refractivity contribution in [3.63, 3.8) is 0 Å². The zero-order valence-electron chi connectivity index (χ0n) is 7.91. The first-order chi connectivity index (χ1) is 6.20. The summed E-state index contributed by atoms with van der Waals surface area (Å²) in [5, 5.41) is 17.4. The molecule has 0 aromatic carbocycles. The minimum Gasteiger partial charge on any atom is -0.396 e. The molecule has 0 unspecified atom stereocenters. The number of aliphatic hydroxyl groups excluding tert-OH is 1. The molecule has 1 N–H and O–H groups in total. The van der Waals surface area contributed by atoms with Crippen molar-refractivity contribution in [3.8, 4) is 6.07 Å². The van der Waals surface area contributed by atoms with Crippen molar-refractivity contribution in [2.75, 3.05) is 6.61 Å². The van der Waals surface area contributed by atoms with Crippen molar-refractivity contribution >= 4 is 0 Å². The molecule has 4 heteroatoms. The number of aromatic nitrogens is 2. The van der Waals surface area contributed by atoms with Crippen molar-refractivity contribution in [2.45, 2.75) is 26.8 Å². The summed E-state index contributed by atoms with van der Waals surface area (Å²) in [6, 6.07) is 2.04. The van der Waals surface area contributed by atoms with E-state index in [0.29, 0.717) is 18.8 Å². The van der Waals surface area contributed by atoms with Crippen LogP contribution >= 0.6 is 0 Å². The van der Waals surface area contributed by atoms with Gasteiger partial charge in [0.1, 0.15) is 6.07 Å². The SMILES string of the molecule is Cc1nc(C#N)n(CCCO)c1C. The predicted octanol–water partition coefficient (Wildman–Crippen LogP) is 0.754. The largest absolute Gasteiger partial charge is 0.396 e. The van der Waals surface area contributed by atoms with Gasteiger partial charge in [0.2, 0.25) is 5.82 Å². The minimum atomic E-state index is 0.140. The second kappa shape index (κ2) is 4.06. The molecule has 0 bridgehead atoms. The Kier molecular flexibility index (Phi) is 3.04. The summed E-state index contributed by atoms with van der Waals surface area (Å²) in [7, 11) is 0. The molecule has 13 heavy (non-hydrogen) atoms. The lowest BCUT2D eigenvalue weighted by Crippen LogP contribution is -2.04. The molecule has 70 valence electrons. The van der Waals surface area contributed by atoms with E-state index in [0.717, 1.165) is 11.4 Å². The Morgan fingerprint density at radius 2 is 2.23 bits per heavy atom. The molecule has 0 aliphatic rings. The molecule has 0 radical (unpaired) electrons. The molecular formula is C9H13N3O. The summed E-state index contributed by atoms with van der Waals surface area (Å²) >= 11 is 0. The number of rotatable bonds is 3. The monoisotopic (exact) mass is 179 g/mol. The number of aliphatic hydroxyl groups is 1. The van der Waals surface area contributed by atoms with Gasteiger partial charge in [-0.15, -0.1) is 0 Å². The summed E-state index contributed by atoms with van der Waals surface area (Å²) < 4.78 is 1.84. The lowest BCUT2D eigenvalue weighted by molar-refractivity contribution is 0.279. The van der Waals surface area contributed by atoms with Crippen LogP contribution in [-0.2, 0) is 6.54 Å². The highest BCUT2D eigenvalue weighted by molar-refractivity contribution is 5.22. The van der Waals surface area contributed by atoms with E-state index in [2.05, 4.69) is 4.98 Å². The van der Waals surface area contributed by atoms with Crippen LogP contribution in [0.3, 0.4) is 0 Å². The van der Waals surface area contributed by atoms with Crippen LogP contribution in [0.2, 0.25) is 0 Å². The smallest absolute Gasteiger partial charge is 0.213 e. The van der Waals surface area contributed by atoms with Gasteiger partial charge in [0, 0.05) is 18.8 Å². The van der Waals surface area contributed by atoms with Crippen LogP contribution < -0.4 is 0 Å². The van der Waals surface area contributed by atoms with Crippen LogP contribution in [0.25, 0.3) is 0 Å². The third-order valence-electron chi connectivity index (χ3n) is 2.10. The number of aryl methyl sites for hydroxylation is 1. The molecule has 0 amide bonds. The molecule has 1 rings (SSSR count). The Hall–Kier alpha value is -1.34. The van der Waals surface area contributed by atoms with Gasteiger partial charge in [-0.25, -0.2) is 4.98 Å². The maximum Gasteiger partial charge on any atom is 0.213 e. The average molecular weight is 179 g/mol. The molecule has 1 heterocycles. The maximum atomic E-state index is 8.76. The number of imidazole rings is 1. The lowest BCUT2D eigenvalue weighted by atomic mass is 10.3. The Bertz CT molecular complexity index is 335. The summed E-state index contributed by atoms with van der Waals surface area (Å²) in [6.45, 7) is 4.61. The van der Waals surface area contributed by atoms with E-state index in [1.165, 1.54) is 0 Å².